The molecule has 2 unspecified atom stereocenters. The van der Waals surface area contributed by atoms with Crippen molar-refractivity contribution >= 4 is 47.0 Å². The summed E-state index contributed by atoms with van der Waals surface area (Å²) in [6.07, 6.45) is -1.49. The highest BCUT2D eigenvalue weighted by molar-refractivity contribution is 8.01. The monoisotopic (exact) mass is 529 g/mol. The highest BCUT2D eigenvalue weighted by Gasteiger charge is 2.54. The molecule has 36 heavy (non-hydrogen) atoms. The molecule has 186 valence electrons. The minimum absolute atomic E-state index is 0.0963. The first-order valence-corrected chi connectivity index (χ1v) is 12.6. The zero-order valence-corrected chi connectivity index (χ0v) is 20.3. The summed E-state index contributed by atoms with van der Waals surface area (Å²) in [5.74, 6) is -1.30. The number of aliphatic hydroxyl groups is 1. The topological polar surface area (TPSA) is 172 Å². The summed E-state index contributed by atoms with van der Waals surface area (Å²) in [7, 11) is 1.50. The normalized spacial score (nSPS) is 20.1. The second-order valence-corrected chi connectivity index (χ2v) is 9.92. The first-order valence-electron chi connectivity index (χ1n) is 10.6. The lowest BCUT2D eigenvalue weighted by Gasteiger charge is -2.49. The predicted octanol–water partition coefficient (Wildman–Crippen LogP) is 0.0922. The number of benzene rings is 1. The number of carbonyl (C=O) groups excluding carboxylic acids is 2. The van der Waals surface area contributed by atoms with Gasteiger partial charge in [-0.05, 0) is 45.8 Å². The van der Waals surface area contributed by atoms with Crippen LogP contribution in [-0.4, -0.2) is 88.2 Å². The number of rotatable bonds is 8. The molecular formula is C21H19N7O6S2. The Labute approximate surface area is 211 Å². The Bertz CT molecular complexity index is 1380. The first kappa shape index (κ1) is 24.0. The fourth-order valence-electron chi connectivity index (χ4n) is 3.84. The van der Waals surface area contributed by atoms with E-state index in [1.54, 1.807) is 36.4 Å². The molecule has 4 heterocycles. The number of aliphatic carboxylic acids is 1. The number of carbonyl (C=O) groups is 3. The van der Waals surface area contributed by atoms with Crippen molar-refractivity contribution in [1.82, 2.24) is 35.5 Å². The molecule has 13 nitrogen and oxygen atoms in total. The van der Waals surface area contributed by atoms with E-state index in [-0.39, 0.29) is 5.70 Å². The van der Waals surface area contributed by atoms with Gasteiger partial charge in [0.25, 0.3) is 11.8 Å². The van der Waals surface area contributed by atoms with Crippen LogP contribution in [0.1, 0.15) is 11.7 Å². The van der Waals surface area contributed by atoms with Crippen molar-refractivity contribution in [3.63, 3.8) is 0 Å². The average molecular weight is 530 g/mol. The van der Waals surface area contributed by atoms with Gasteiger partial charge in [0.05, 0.1) is 7.11 Å². The van der Waals surface area contributed by atoms with Crippen LogP contribution in [0.3, 0.4) is 0 Å². The number of hydrogen-bond acceptors (Lipinski definition) is 11. The van der Waals surface area contributed by atoms with Gasteiger partial charge in [0.15, 0.2) is 11.8 Å². The summed E-state index contributed by atoms with van der Waals surface area (Å²) in [5.41, 5.74) is 1.29. The molecule has 2 amide bonds. The summed E-state index contributed by atoms with van der Waals surface area (Å²) >= 11 is 2.65. The van der Waals surface area contributed by atoms with E-state index >= 15 is 0 Å². The zero-order valence-electron chi connectivity index (χ0n) is 18.6. The highest BCUT2D eigenvalue weighted by atomic mass is 32.2. The van der Waals surface area contributed by atoms with Gasteiger partial charge in [-0.2, -0.15) is 0 Å². The summed E-state index contributed by atoms with van der Waals surface area (Å²) in [4.78, 5) is 38.8. The van der Waals surface area contributed by atoms with Gasteiger partial charge in [0.1, 0.15) is 27.9 Å². The van der Waals surface area contributed by atoms with Crippen LogP contribution in [0.5, 0.6) is 5.75 Å². The standard InChI is InChI=1S/C21H19N7O6S2/c1-34-12-4-2-10(3-5-12)17(29)18(30)22-15-19(31)27-16(21(32)33)11(9-36-20(15)27)8-35-14-7-6-13-23-25-26-28(13)24-14/h2-7,15,17,20,29H,8-9H2,1H3,(H,22,30)(H,32,33)/t15?,17?,20-/m0/s1. The number of carboxylic acids is 1. The van der Waals surface area contributed by atoms with Crippen molar-refractivity contribution in [1.29, 1.82) is 0 Å². The van der Waals surface area contributed by atoms with Crippen LogP contribution in [0.25, 0.3) is 5.65 Å². The smallest absolute Gasteiger partial charge is 0.352 e. The van der Waals surface area contributed by atoms with Gasteiger partial charge in [-0.25, -0.2) is 4.79 Å². The molecule has 0 radical (unpaired) electrons. The van der Waals surface area contributed by atoms with Crippen LogP contribution < -0.4 is 10.1 Å². The van der Waals surface area contributed by atoms with E-state index in [0.29, 0.717) is 39.1 Å². The third kappa shape index (κ3) is 4.36. The number of fused-ring (bicyclic) bond motifs is 2. The van der Waals surface area contributed by atoms with Crippen molar-refractivity contribution in [3.8, 4) is 5.75 Å². The summed E-state index contributed by atoms with van der Waals surface area (Å²) in [6, 6.07) is 8.80. The van der Waals surface area contributed by atoms with E-state index in [4.69, 9.17) is 4.74 Å². The molecule has 3 aromatic rings. The van der Waals surface area contributed by atoms with Gasteiger partial charge in [-0.1, -0.05) is 12.1 Å². The molecule has 5 rings (SSSR count). The fraction of sp³-hybridized carbons (Fsp3) is 0.286. The van der Waals surface area contributed by atoms with Crippen molar-refractivity contribution < 1.29 is 29.3 Å². The molecule has 1 saturated heterocycles. The molecule has 2 aliphatic heterocycles. The second kappa shape index (κ2) is 9.75. The summed E-state index contributed by atoms with van der Waals surface area (Å²) in [6.45, 7) is 0. The van der Waals surface area contributed by atoms with Gasteiger partial charge in [0.2, 0.25) is 0 Å². The number of nitrogens with one attached hydrogen (secondary N) is 1. The van der Waals surface area contributed by atoms with Crippen LogP contribution in [0.2, 0.25) is 0 Å². The Balaban J connectivity index is 1.26. The van der Waals surface area contributed by atoms with E-state index in [1.807, 2.05) is 0 Å². The Morgan fingerprint density at radius 2 is 2.06 bits per heavy atom. The molecule has 0 saturated carbocycles. The number of hydrogen-bond donors (Lipinski definition) is 3. The Morgan fingerprint density at radius 3 is 2.78 bits per heavy atom. The van der Waals surface area contributed by atoms with Crippen molar-refractivity contribution in [3.05, 3.63) is 53.2 Å². The molecule has 15 heteroatoms. The minimum Gasteiger partial charge on any atom is -0.497 e. The zero-order chi connectivity index (χ0) is 25.4. The Kier molecular flexibility index (Phi) is 6.51. The lowest BCUT2D eigenvalue weighted by molar-refractivity contribution is -0.151. The number of methoxy groups -OCH3 is 1. The molecule has 1 aromatic carbocycles. The number of tetrazole rings is 1. The quantitative estimate of drug-likeness (QED) is 0.266. The van der Waals surface area contributed by atoms with E-state index in [9.17, 15) is 24.6 Å². The maximum Gasteiger partial charge on any atom is 0.352 e. The van der Waals surface area contributed by atoms with Crippen LogP contribution in [0.4, 0.5) is 0 Å². The maximum absolute atomic E-state index is 12.9. The Hall–Kier alpha value is -3.69. The molecule has 3 N–H and O–H groups in total. The van der Waals surface area contributed by atoms with Gasteiger partial charge in [-0.15, -0.1) is 38.4 Å². The third-order valence-corrected chi connectivity index (χ3v) is 8.01. The van der Waals surface area contributed by atoms with Gasteiger partial charge < -0.3 is 20.3 Å². The van der Waals surface area contributed by atoms with Crippen molar-refractivity contribution in [2.45, 2.75) is 22.5 Å². The number of aromatic nitrogens is 5. The van der Waals surface area contributed by atoms with E-state index in [2.05, 4.69) is 25.9 Å². The number of ether oxygens (including phenoxy) is 1. The predicted molar refractivity (Wildman–Crippen MR) is 127 cm³/mol. The van der Waals surface area contributed by atoms with Crippen LogP contribution in [0, 0.1) is 0 Å². The number of aliphatic hydroxyl groups excluding tert-OH is 1. The lowest BCUT2D eigenvalue weighted by atomic mass is 10.0. The van der Waals surface area contributed by atoms with Crippen LogP contribution >= 0.6 is 23.5 Å². The van der Waals surface area contributed by atoms with E-state index < -0.39 is 35.3 Å². The number of thioether (sulfide) groups is 2. The lowest BCUT2D eigenvalue weighted by Crippen LogP contribution is -2.70. The molecule has 0 aliphatic carbocycles. The van der Waals surface area contributed by atoms with Gasteiger partial charge in [-0.3, -0.25) is 14.5 Å². The molecule has 2 aliphatic rings. The third-order valence-electron chi connectivity index (χ3n) is 5.67. The summed E-state index contributed by atoms with van der Waals surface area (Å²) < 4.78 is 6.34. The number of β-lactam (4-membered cyclic amide) rings is 1. The highest BCUT2D eigenvalue weighted by Crippen LogP contribution is 2.41. The maximum atomic E-state index is 12.9. The number of nitrogens with zero attached hydrogens (tertiary/aromatic N) is 6. The van der Waals surface area contributed by atoms with Crippen molar-refractivity contribution in [2.75, 3.05) is 18.6 Å². The minimum atomic E-state index is -1.49. The number of carboxylic acid groups (broad SMARTS) is 1. The summed E-state index contributed by atoms with van der Waals surface area (Å²) in [5, 5.41) is 38.1. The van der Waals surface area contributed by atoms with E-state index in [0.717, 1.165) is 0 Å². The second-order valence-electron chi connectivity index (χ2n) is 7.82. The number of amides is 2. The molecule has 1 fully saturated rings. The van der Waals surface area contributed by atoms with Gasteiger partial charge in [0, 0.05) is 11.5 Å². The average Bonchev–Trinajstić information content (AvgIpc) is 3.37. The molecule has 3 atom stereocenters. The van der Waals surface area contributed by atoms with Crippen LogP contribution in [0.15, 0.2) is 52.7 Å². The van der Waals surface area contributed by atoms with Crippen LogP contribution in [-0.2, 0) is 14.4 Å². The van der Waals surface area contributed by atoms with Crippen molar-refractivity contribution in [2.24, 2.45) is 0 Å². The molecular weight excluding hydrogens is 510 g/mol. The molecule has 0 bridgehead atoms. The fourth-order valence-corrected chi connectivity index (χ4v) is 6.17. The van der Waals surface area contributed by atoms with E-state index in [1.165, 1.54) is 40.2 Å². The SMILES string of the molecule is COc1ccc(C(O)C(=O)NC2C(=O)N3C(C(=O)O)=C(CSc4ccc5nnnn5n4)CS[C@@H]23)cc1. The molecule has 0 spiro atoms. The largest absolute Gasteiger partial charge is 0.497 e. The first-order chi connectivity index (χ1) is 17.4. The Morgan fingerprint density at radius 1 is 1.28 bits per heavy atom. The van der Waals surface area contributed by atoms with Gasteiger partial charge >= 0.3 is 5.97 Å². The molecule has 2 aromatic heterocycles.